The minimum absolute atomic E-state index is 0.280. The van der Waals surface area contributed by atoms with Gasteiger partial charge in [0.05, 0.1) is 30.8 Å². The van der Waals surface area contributed by atoms with E-state index in [0.29, 0.717) is 16.8 Å². The van der Waals surface area contributed by atoms with Crippen molar-refractivity contribution < 1.29 is 9.53 Å². The lowest BCUT2D eigenvalue weighted by Gasteiger charge is -2.06. The molecule has 86 valence electrons. The van der Waals surface area contributed by atoms with E-state index in [1.165, 1.54) is 13.3 Å². The Labute approximate surface area is 103 Å². The Kier molecular flexibility index (Phi) is 3.35. The molecule has 5 heteroatoms. The third-order valence-corrected chi connectivity index (χ3v) is 2.40. The molecular formula is C12H9ClN2O2. The van der Waals surface area contributed by atoms with E-state index in [9.17, 15) is 4.79 Å². The molecule has 2 aromatic rings. The normalized spacial score (nSPS) is 10.0. The first-order chi connectivity index (χ1) is 8.22. The van der Waals surface area contributed by atoms with Gasteiger partial charge in [0.1, 0.15) is 5.15 Å². The monoisotopic (exact) mass is 248 g/mol. The van der Waals surface area contributed by atoms with Crippen molar-refractivity contribution in [3.63, 3.8) is 0 Å². The summed E-state index contributed by atoms with van der Waals surface area (Å²) in [6, 6.07) is 7.01. The number of hydrogen-bond donors (Lipinski definition) is 0. The van der Waals surface area contributed by atoms with Crippen molar-refractivity contribution in [2.45, 2.75) is 0 Å². The van der Waals surface area contributed by atoms with Crippen LogP contribution in [0.2, 0.25) is 5.15 Å². The number of ether oxygens (including phenoxy) is 1. The van der Waals surface area contributed by atoms with E-state index >= 15 is 0 Å². The van der Waals surface area contributed by atoms with Crippen molar-refractivity contribution in [1.29, 1.82) is 0 Å². The number of benzene rings is 1. The van der Waals surface area contributed by atoms with E-state index in [4.69, 9.17) is 16.3 Å². The number of halogens is 1. The van der Waals surface area contributed by atoms with Crippen molar-refractivity contribution >= 4 is 17.6 Å². The molecule has 1 aromatic carbocycles. The van der Waals surface area contributed by atoms with E-state index < -0.39 is 5.97 Å². The first-order valence-corrected chi connectivity index (χ1v) is 5.25. The number of carbonyl (C=O) groups excluding carboxylic acids is 1. The zero-order chi connectivity index (χ0) is 12.3. The number of hydrogen-bond acceptors (Lipinski definition) is 4. The molecular weight excluding hydrogens is 240 g/mol. The summed E-state index contributed by atoms with van der Waals surface area (Å²) in [5.41, 5.74) is 1.62. The van der Waals surface area contributed by atoms with Gasteiger partial charge in [-0.05, 0) is 6.07 Å². The zero-order valence-electron chi connectivity index (χ0n) is 9.05. The fourth-order valence-corrected chi connectivity index (χ4v) is 1.61. The van der Waals surface area contributed by atoms with E-state index in [-0.39, 0.29) is 5.15 Å². The Balaban J connectivity index is 2.55. The third kappa shape index (κ3) is 2.42. The molecule has 0 atom stereocenters. The SMILES string of the molecule is COC(=O)c1ccccc1-c1cncc(Cl)n1. The van der Waals surface area contributed by atoms with Gasteiger partial charge >= 0.3 is 5.97 Å². The molecule has 0 aliphatic rings. The van der Waals surface area contributed by atoms with Gasteiger partial charge < -0.3 is 4.74 Å². The van der Waals surface area contributed by atoms with Crippen LogP contribution in [0.25, 0.3) is 11.3 Å². The molecule has 2 rings (SSSR count). The van der Waals surface area contributed by atoms with Crippen LogP contribution in [0.1, 0.15) is 10.4 Å². The molecule has 4 nitrogen and oxygen atoms in total. The van der Waals surface area contributed by atoms with Crippen LogP contribution in [0.4, 0.5) is 0 Å². The molecule has 1 heterocycles. The van der Waals surface area contributed by atoms with E-state index in [2.05, 4.69) is 9.97 Å². The second kappa shape index (κ2) is 4.93. The summed E-state index contributed by atoms with van der Waals surface area (Å²) in [6.45, 7) is 0. The molecule has 0 unspecified atom stereocenters. The summed E-state index contributed by atoms with van der Waals surface area (Å²) < 4.78 is 4.71. The fourth-order valence-electron chi connectivity index (χ4n) is 1.47. The van der Waals surface area contributed by atoms with Gasteiger partial charge in [-0.15, -0.1) is 0 Å². The maximum absolute atomic E-state index is 11.6. The predicted molar refractivity (Wildman–Crippen MR) is 63.8 cm³/mol. The number of nitrogens with zero attached hydrogens (tertiary/aromatic N) is 2. The summed E-state index contributed by atoms with van der Waals surface area (Å²) in [4.78, 5) is 19.6. The summed E-state index contributed by atoms with van der Waals surface area (Å²) in [5, 5.41) is 0.280. The van der Waals surface area contributed by atoms with Crippen molar-refractivity contribution in [2.24, 2.45) is 0 Å². The van der Waals surface area contributed by atoms with E-state index in [0.717, 1.165) is 0 Å². The first kappa shape index (κ1) is 11.5. The summed E-state index contributed by atoms with van der Waals surface area (Å²) in [5.74, 6) is -0.414. The molecule has 0 saturated carbocycles. The molecule has 0 N–H and O–H groups in total. The highest BCUT2D eigenvalue weighted by molar-refractivity contribution is 6.29. The van der Waals surface area contributed by atoms with Crippen LogP contribution in [0, 0.1) is 0 Å². The van der Waals surface area contributed by atoms with E-state index in [1.54, 1.807) is 24.4 Å². The molecule has 0 radical (unpaired) electrons. The topological polar surface area (TPSA) is 52.1 Å². The maximum atomic E-state index is 11.6. The summed E-state index contributed by atoms with van der Waals surface area (Å²) >= 11 is 5.77. The Morgan fingerprint density at radius 1 is 1.29 bits per heavy atom. The molecule has 0 aliphatic carbocycles. The fraction of sp³-hybridized carbons (Fsp3) is 0.0833. The maximum Gasteiger partial charge on any atom is 0.338 e. The van der Waals surface area contributed by atoms with Crippen molar-refractivity contribution in [3.8, 4) is 11.3 Å². The van der Waals surface area contributed by atoms with Crippen LogP contribution < -0.4 is 0 Å². The van der Waals surface area contributed by atoms with Gasteiger partial charge in [-0.25, -0.2) is 9.78 Å². The van der Waals surface area contributed by atoms with Crippen LogP contribution in [-0.2, 0) is 4.74 Å². The van der Waals surface area contributed by atoms with Crippen LogP contribution in [0.5, 0.6) is 0 Å². The van der Waals surface area contributed by atoms with Crippen molar-refractivity contribution in [3.05, 3.63) is 47.4 Å². The van der Waals surface area contributed by atoms with Gasteiger partial charge in [-0.2, -0.15) is 0 Å². The highest BCUT2D eigenvalue weighted by Crippen LogP contribution is 2.22. The standard InChI is InChI=1S/C12H9ClN2O2/c1-17-12(16)9-5-3-2-4-8(9)10-6-14-7-11(13)15-10/h2-7H,1H3. The van der Waals surface area contributed by atoms with Crippen LogP contribution in [0.15, 0.2) is 36.7 Å². The van der Waals surface area contributed by atoms with Gasteiger partial charge in [-0.1, -0.05) is 29.8 Å². The molecule has 0 amide bonds. The van der Waals surface area contributed by atoms with E-state index in [1.807, 2.05) is 6.07 Å². The average Bonchev–Trinajstić information content (AvgIpc) is 2.38. The van der Waals surface area contributed by atoms with Crippen molar-refractivity contribution in [1.82, 2.24) is 9.97 Å². The highest BCUT2D eigenvalue weighted by Gasteiger charge is 2.13. The molecule has 0 fully saturated rings. The predicted octanol–water partition coefficient (Wildman–Crippen LogP) is 2.58. The minimum atomic E-state index is -0.414. The smallest absolute Gasteiger partial charge is 0.338 e. The average molecular weight is 249 g/mol. The number of methoxy groups -OCH3 is 1. The molecule has 0 bridgehead atoms. The molecule has 0 spiro atoms. The number of esters is 1. The number of carbonyl (C=O) groups is 1. The lowest BCUT2D eigenvalue weighted by molar-refractivity contribution is 0.0601. The Morgan fingerprint density at radius 2 is 2.06 bits per heavy atom. The Hall–Kier alpha value is -1.94. The summed E-state index contributed by atoms with van der Waals surface area (Å²) in [7, 11) is 1.34. The van der Waals surface area contributed by atoms with Gasteiger partial charge in [-0.3, -0.25) is 4.98 Å². The lowest BCUT2D eigenvalue weighted by Crippen LogP contribution is -2.04. The number of rotatable bonds is 2. The quantitative estimate of drug-likeness (QED) is 0.767. The van der Waals surface area contributed by atoms with Crippen molar-refractivity contribution in [2.75, 3.05) is 7.11 Å². The largest absolute Gasteiger partial charge is 0.465 e. The van der Waals surface area contributed by atoms with Crippen LogP contribution >= 0.6 is 11.6 Å². The summed E-state index contributed by atoms with van der Waals surface area (Å²) in [6.07, 6.45) is 2.99. The van der Waals surface area contributed by atoms with Gasteiger partial charge in [0.2, 0.25) is 0 Å². The Morgan fingerprint density at radius 3 is 2.76 bits per heavy atom. The second-order valence-corrected chi connectivity index (χ2v) is 3.65. The minimum Gasteiger partial charge on any atom is -0.465 e. The molecule has 0 saturated heterocycles. The van der Waals surface area contributed by atoms with Crippen LogP contribution in [0.3, 0.4) is 0 Å². The van der Waals surface area contributed by atoms with Gasteiger partial charge in [0.15, 0.2) is 0 Å². The molecule has 1 aromatic heterocycles. The van der Waals surface area contributed by atoms with Crippen LogP contribution in [-0.4, -0.2) is 23.0 Å². The van der Waals surface area contributed by atoms with Gasteiger partial charge in [0, 0.05) is 5.56 Å². The zero-order valence-corrected chi connectivity index (χ0v) is 9.81. The first-order valence-electron chi connectivity index (χ1n) is 4.87. The second-order valence-electron chi connectivity index (χ2n) is 3.26. The lowest BCUT2D eigenvalue weighted by atomic mass is 10.1. The molecule has 17 heavy (non-hydrogen) atoms. The number of aromatic nitrogens is 2. The third-order valence-electron chi connectivity index (χ3n) is 2.21. The Bertz CT molecular complexity index is 558. The molecule has 0 aliphatic heterocycles. The highest BCUT2D eigenvalue weighted by atomic mass is 35.5. The van der Waals surface area contributed by atoms with Gasteiger partial charge in [0.25, 0.3) is 0 Å².